The lowest BCUT2D eigenvalue weighted by molar-refractivity contribution is 0.177. The van der Waals surface area contributed by atoms with Crippen molar-refractivity contribution in [3.05, 3.63) is 35.6 Å². The average molecular weight is 197 g/mol. The van der Waals surface area contributed by atoms with E-state index in [1.54, 1.807) is 19.2 Å². The second-order valence-corrected chi connectivity index (χ2v) is 3.23. The van der Waals surface area contributed by atoms with Gasteiger partial charge in [0.05, 0.1) is 6.61 Å². The molecule has 1 aromatic rings. The Labute approximate surface area is 84.1 Å². The van der Waals surface area contributed by atoms with Gasteiger partial charge < -0.3 is 10.1 Å². The van der Waals surface area contributed by atoms with Crippen molar-refractivity contribution in [3.63, 3.8) is 0 Å². The Kier molecular flexibility index (Phi) is 4.56. The zero-order valence-corrected chi connectivity index (χ0v) is 8.59. The fourth-order valence-electron chi connectivity index (χ4n) is 1.51. The van der Waals surface area contributed by atoms with Crippen LogP contribution >= 0.6 is 0 Å². The van der Waals surface area contributed by atoms with Gasteiger partial charge in [-0.15, -0.1) is 0 Å². The summed E-state index contributed by atoms with van der Waals surface area (Å²) in [6.45, 7) is 1.25. The van der Waals surface area contributed by atoms with Gasteiger partial charge in [0.15, 0.2) is 0 Å². The fraction of sp³-hybridized carbons (Fsp3) is 0.455. The molecule has 0 bridgehead atoms. The third-order valence-electron chi connectivity index (χ3n) is 2.16. The summed E-state index contributed by atoms with van der Waals surface area (Å²) in [5.74, 6) is -0.0870. The predicted molar refractivity (Wildman–Crippen MR) is 54.9 cm³/mol. The van der Waals surface area contributed by atoms with Crippen molar-refractivity contribution in [2.75, 3.05) is 27.3 Å². The molecule has 0 heterocycles. The van der Waals surface area contributed by atoms with Crippen molar-refractivity contribution in [1.29, 1.82) is 0 Å². The Balaban J connectivity index is 2.81. The van der Waals surface area contributed by atoms with E-state index in [1.807, 2.05) is 13.1 Å². The van der Waals surface area contributed by atoms with Crippen molar-refractivity contribution in [2.24, 2.45) is 0 Å². The minimum atomic E-state index is -0.162. The first kappa shape index (κ1) is 11.1. The van der Waals surface area contributed by atoms with Crippen LogP contribution in [0.15, 0.2) is 24.3 Å². The van der Waals surface area contributed by atoms with Crippen LogP contribution in [0.25, 0.3) is 0 Å². The number of halogens is 1. The smallest absolute Gasteiger partial charge is 0.126 e. The monoisotopic (exact) mass is 197 g/mol. The van der Waals surface area contributed by atoms with E-state index in [1.165, 1.54) is 6.07 Å². The molecule has 0 saturated heterocycles. The molecule has 3 heteroatoms. The quantitative estimate of drug-likeness (QED) is 0.776. The van der Waals surface area contributed by atoms with E-state index in [4.69, 9.17) is 4.74 Å². The highest BCUT2D eigenvalue weighted by Crippen LogP contribution is 2.18. The largest absolute Gasteiger partial charge is 0.384 e. The van der Waals surface area contributed by atoms with Crippen molar-refractivity contribution < 1.29 is 9.13 Å². The van der Waals surface area contributed by atoms with E-state index in [9.17, 15) is 4.39 Å². The summed E-state index contributed by atoms with van der Waals surface area (Å²) in [6.07, 6.45) is 0. The molecule has 0 saturated carbocycles. The zero-order chi connectivity index (χ0) is 10.4. The normalized spacial score (nSPS) is 12.8. The van der Waals surface area contributed by atoms with Crippen LogP contribution in [-0.2, 0) is 4.74 Å². The van der Waals surface area contributed by atoms with Crippen LogP contribution in [0.3, 0.4) is 0 Å². The number of likely N-dealkylation sites (N-methyl/N-ethyl adjacent to an activating group) is 1. The molecule has 1 N–H and O–H groups in total. The van der Waals surface area contributed by atoms with Crippen LogP contribution < -0.4 is 5.32 Å². The summed E-state index contributed by atoms with van der Waals surface area (Å²) in [6, 6.07) is 6.82. The van der Waals surface area contributed by atoms with Crippen LogP contribution in [0.4, 0.5) is 4.39 Å². The molecule has 0 aliphatic heterocycles. The van der Waals surface area contributed by atoms with E-state index in [0.29, 0.717) is 12.2 Å². The fourth-order valence-corrected chi connectivity index (χ4v) is 1.51. The summed E-state index contributed by atoms with van der Waals surface area (Å²) in [5, 5.41) is 3.03. The second-order valence-electron chi connectivity index (χ2n) is 3.23. The summed E-state index contributed by atoms with van der Waals surface area (Å²) < 4.78 is 18.5. The van der Waals surface area contributed by atoms with Gasteiger partial charge in [0, 0.05) is 19.6 Å². The minimum absolute atomic E-state index is 0.0752. The number of hydrogen-bond donors (Lipinski definition) is 1. The summed E-state index contributed by atoms with van der Waals surface area (Å²) in [5.41, 5.74) is 0.712. The van der Waals surface area contributed by atoms with Crippen molar-refractivity contribution in [2.45, 2.75) is 5.92 Å². The highest BCUT2D eigenvalue weighted by Gasteiger charge is 2.13. The molecule has 1 atom stereocenters. The highest BCUT2D eigenvalue weighted by molar-refractivity contribution is 5.22. The maximum absolute atomic E-state index is 13.4. The Bertz CT molecular complexity index is 272. The van der Waals surface area contributed by atoms with Crippen LogP contribution in [-0.4, -0.2) is 27.3 Å². The summed E-state index contributed by atoms with van der Waals surface area (Å²) in [4.78, 5) is 0. The van der Waals surface area contributed by atoms with Crippen LogP contribution in [0.2, 0.25) is 0 Å². The summed E-state index contributed by atoms with van der Waals surface area (Å²) >= 11 is 0. The molecule has 1 unspecified atom stereocenters. The number of nitrogens with one attached hydrogen (secondary N) is 1. The topological polar surface area (TPSA) is 21.3 Å². The molecule has 1 rings (SSSR count). The SMILES string of the molecule is CNCC(COC)c1ccccc1F. The van der Waals surface area contributed by atoms with Gasteiger partial charge in [-0.1, -0.05) is 18.2 Å². The van der Waals surface area contributed by atoms with E-state index < -0.39 is 0 Å². The number of benzene rings is 1. The Morgan fingerprint density at radius 1 is 1.43 bits per heavy atom. The maximum Gasteiger partial charge on any atom is 0.126 e. The molecular formula is C11H16FNO. The molecule has 0 fully saturated rings. The van der Waals surface area contributed by atoms with Crippen LogP contribution in [0.1, 0.15) is 11.5 Å². The second kappa shape index (κ2) is 5.73. The first-order valence-electron chi connectivity index (χ1n) is 4.67. The molecule has 2 nitrogen and oxygen atoms in total. The van der Waals surface area contributed by atoms with Crippen molar-refractivity contribution in [3.8, 4) is 0 Å². The van der Waals surface area contributed by atoms with Gasteiger partial charge >= 0.3 is 0 Å². The number of ether oxygens (including phenoxy) is 1. The average Bonchev–Trinajstić information content (AvgIpc) is 2.18. The van der Waals surface area contributed by atoms with Gasteiger partial charge in [-0.2, -0.15) is 0 Å². The zero-order valence-electron chi connectivity index (χ0n) is 8.59. The number of methoxy groups -OCH3 is 1. The third kappa shape index (κ3) is 2.79. The Morgan fingerprint density at radius 3 is 2.71 bits per heavy atom. The van der Waals surface area contributed by atoms with E-state index in [-0.39, 0.29) is 11.7 Å². The van der Waals surface area contributed by atoms with Gasteiger partial charge in [0.2, 0.25) is 0 Å². The lowest BCUT2D eigenvalue weighted by Crippen LogP contribution is -2.21. The van der Waals surface area contributed by atoms with Gasteiger partial charge in [0.25, 0.3) is 0 Å². The Morgan fingerprint density at radius 2 is 2.14 bits per heavy atom. The molecule has 0 aliphatic carbocycles. The first-order valence-corrected chi connectivity index (χ1v) is 4.67. The highest BCUT2D eigenvalue weighted by atomic mass is 19.1. The van der Waals surface area contributed by atoms with Gasteiger partial charge in [-0.3, -0.25) is 0 Å². The molecule has 0 spiro atoms. The van der Waals surface area contributed by atoms with E-state index in [2.05, 4.69) is 5.32 Å². The van der Waals surface area contributed by atoms with E-state index in [0.717, 1.165) is 6.54 Å². The number of hydrogen-bond acceptors (Lipinski definition) is 2. The molecule has 0 amide bonds. The lowest BCUT2D eigenvalue weighted by Gasteiger charge is -2.16. The molecular weight excluding hydrogens is 181 g/mol. The molecule has 0 aromatic heterocycles. The molecule has 0 aliphatic rings. The van der Waals surface area contributed by atoms with Gasteiger partial charge in [-0.05, 0) is 18.7 Å². The Hall–Kier alpha value is -0.930. The van der Waals surface area contributed by atoms with Crippen LogP contribution in [0.5, 0.6) is 0 Å². The molecule has 1 aromatic carbocycles. The maximum atomic E-state index is 13.4. The lowest BCUT2D eigenvalue weighted by atomic mass is 9.99. The predicted octanol–water partition coefficient (Wildman–Crippen LogP) is 1.78. The first-order chi connectivity index (χ1) is 6.79. The van der Waals surface area contributed by atoms with Gasteiger partial charge in [-0.25, -0.2) is 4.39 Å². The van der Waals surface area contributed by atoms with Crippen molar-refractivity contribution in [1.82, 2.24) is 5.32 Å². The molecule has 14 heavy (non-hydrogen) atoms. The molecule has 78 valence electrons. The van der Waals surface area contributed by atoms with Gasteiger partial charge in [0.1, 0.15) is 5.82 Å². The van der Waals surface area contributed by atoms with Crippen molar-refractivity contribution >= 4 is 0 Å². The third-order valence-corrected chi connectivity index (χ3v) is 2.16. The van der Waals surface area contributed by atoms with Crippen LogP contribution in [0, 0.1) is 5.82 Å². The van der Waals surface area contributed by atoms with E-state index >= 15 is 0 Å². The standard InChI is InChI=1S/C11H16FNO/c1-13-7-9(8-14-2)10-5-3-4-6-11(10)12/h3-6,9,13H,7-8H2,1-2H3. The number of rotatable bonds is 5. The minimum Gasteiger partial charge on any atom is -0.384 e. The summed E-state index contributed by atoms with van der Waals surface area (Å²) in [7, 11) is 3.48. The molecule has 0 radical (unpaired) electrons.